The number of ether oxygens (including phenoxy) is 9. The van der Waals surface area contributed by atoms with E-state index in [1.54, 1.807) is 0 Å². The Morgan fingerprint density at radius 3 is 1.60 bits per heavy atom. The Balaban J connectivity index is 2.76. The topological polar surface area (TPSA) is 240 Å². The Labute approximate surface area is 256 Å². The quantitative estimate of drug-likeness (QED) is 0.213. The molecule has 1 saturated carbocycles. The molecule has 2 rings (SSSR count). The highest BCUT2D eigenvalue weighted by Crippen LogP contribution is 2.40. The summed E-state index contributed by atoms with van der Waals surface area (Å²) in [6, 6.07) is 0. The van der Waals surface area contributed by atoms with Crippen LogP contribution >= 0.6 is 0 Å². The van der Waals surface area contributed by atoms with Crippen LogP contribution in [0.3, 0.4) is 0 Å². The Hall–Kier alpha value is -4.32. The van der Waals surface area contributed by atoms with Crippen LogP contribution in [0, 0.1) is 11.8 Å². The predicted octanol–water partition coefficient (Wildman–Crippen LogP) is -0.788. The van der Waals surface area contributed by atoms with Crippen molar-refractivity contribution in [3.63, 3.8) is 0 Å². The van der Waals surface area contributed by atoms with Gasteiger partial charge in [0.2, 0.25) is 0 Å². The first-order valence-corrected chi connectivity index (χ1v) is 13.6. The number of aliphatic carboxylic acids is 1. The normalized spacial score (nSPS) is 30.9. The molecule has 0 spiro atoms. The van der Waals surface area contributed by atoms with Crippen LogP contribution in [0.2, 0.25) is 0 Å². The van der Waals surface area contributed by atoms with Crippen LogP contribution in [0.4, 0.5) is 0 Å². The van der Waals surface area contributed by atoms with Crippen molar-refractivity contribution in [1.29, 1.82) is 0 Å². The first-order chi connectivity index (χ1) is 21.0. The Kier molecular flexibility index (Phi) is 13.2. The van der Waals surface area contributed by atoms with Gasteiger partial charge in [0.15, 0.2) is 30.7 Å². The summed E-state index contributed by atoms with van der Waals surface area (Å²) in [5.41, 5.74) is 0. The number of carboxylic acids is 1. The summed E-state index contributed by atoms with van der Waals surface area (Å²) < 4.78 is 48.3. The Bertz CT molecular complexity index is 1160. The number of carbonyl (C=O) groups excluding carboxylic acids is 7. The fourth-order valence-corrected chi connectivity index (χ4v) is 5.16. The van der Waals surface area contributed by atoms with E-state index in [0.29, 0.717) is 0 Å². The van der Waals surface area contributed by atoms with Gasteiger partial charge in [-0.2, -0.15) is 0 Å². The van der Waals surface area contributed by atoms with E-state index in [4.69, 9.17) is 42.6 Å². The molecule has 0 radical (unpaired) electrons. The van der Waals surface area contributed by atoms with Gasteiger partial charge in [-0.25, -0.2) is 0 Å². The van der Waals surface area contributed by atoms with Gasteiger partial charge in [0.1, 0.15) is 30.8 Å². The van der Waals surface area contributed by atoms with E-state index in [2.05, 4.69) is 0 Å². The minimum Gasteiger partial charge on any atom is -0.481 e. The van der Waals surface area contributed by atoms with Gasteiger partial charge < -0.3 is 47.7 Å². The molecule has 1 aliphatic heterocycles. The number of carboxylic acid groups (broad SMARTS) is 1. The van der Waals surface area contributed by atoms with Crippen molar-refractivity contribution in [3.8, 4) is 0 Å². The van der Waals surface area contributed by atoms with Gasteiger partial charge in [-0.15, -0.1) is 0 Å². The lowest BCUT2D eigenvalue weighted by Crippen LogP contribution is -2.65. The second-order valence-corrected chi connectivity index (χ2v) is 10.1. The van der Waals surface area contributed by atoms with Crippen LogP contribution in [0.5, 0.6) is 0 Å². The number of hydrogen-bond donors (Lipinski definition) is 1. The van der Waals surface area contributed by atoms with Crippen molar-refractivity contribution in [2.24, 2.45) is 11.8 Å². The lowest BCUT2D eigenvalue weighted by atomic mass is 9.73. The van der Waals surface area contributed by atoms with Gasteiger partial charge in [0.05, 0.1) is 13.0 Å². The fourth-order valence-electron chi connectivity index (χ4n) is 5.16. The molecule has 18 heteroatoms. The molecule has 1 saturated heterocycles. The van der Waals surface area contributed by atoms with Crippen LogP contribution in [-0.4, -0.2) is 116 Å². The molecule has 2 fully saturated rings. The third-order valence-corrected chi connectivity index (χ3v) is 6.61. The van der Waals surface area contributed by atoms with Crippen molar-refractivity contribution < 1.29 is 86.1 Å². The highest BCUT2D eigenvalue weighted by molar-refractivity contribution is 5.82. The van der Waals surface area contributed by atoms with Crippen LogP contribution in [-0.2, 0) is 81.0 Å². The van der Waals surface area contributed by atoms with Crippen molar-refractivity contribution in [2.45, 2.75) is 97.0 Å². The highest BCUT2D eigenvalue weighted by Gasteiger charge is 2.59. The molecule has 1 N–H and O–H groups in total. The number of esters is 7. The summed E-state index contributed by atoms with van der Waals surface area (Å²) in [5, 5.41) is 10.2. The number of rotatable bonds is 11. The molecule has 18 nitrogen and oxygen atoms in total. The van der Waals surface area contributed by atoms with E-state index >= 15 is 0 Å². The molecule has 10 atom stereocenters. The molecule has 252 valence electrons. The molecule has 0 bridgehead atoms. The van der Waals surface area contributed by atoms with E-state index in [-0.39, 0.29) is 0 Å². The maximum Gasteiger partial charge on any atom is 0.310 e. The average molecular weight is 649 g/mol. The molecular weight excluding hydrogens is 612 g/mol. The maximum absolute atomic E-state index is 12.8. The average Bonchev–Trinajstić information content (AvgIpc) is 2.90. The lowest BCUT2D eigenvalue weighted by Gasteiger charge is -2.48. The van der Waals surface area contributed by atoms with Gasteiger partial charge in [-0.1, -0.05) is 0 Å². The molecule has 0 aromatic heterocycles. The van der Waals surface area contributed by atoms with Crippen molar-refractivity contribution >= 4 is 47.8 Å². The first kappa shape index (κ1) is 36.9. The largest absolute Gasteiger partial charge is 0.481 e. The summed E-state index contributed by atoms with van der Waals surface area (Å²) in [6.45, 7) is 5.43. The fraction of sp³-hybridized carbons (Fsp3) is 0.704. The third kappa shape index (κ3) is 10.1. The highest BCUT2D eigenvalue weighted by atomic mass is 16.7. The van der Waals surface area contributed by atoms with Crippen molar-refractivity contribution in [3.05, 3.63) is 0 Å². The van der Waals surface area contributed by atoms with Crippen LogP contribution < -0.4 is 0 Å². The molecule has 1 heterocycles. The van der Waals surface area contributed by atoms with E-state index in [1.165, 1.54) is 0 Å². The summed E-state index contributed by atoms with van der Waals surface area (Å²) >= 11 is 0. The Morgan fingerprint density at radius 2 is 1.13 bits per heavy atom. The zero-order valence-corrected chi connectivity index (χ0v) is 25.6. The van der Waals surface area contributed by atoms with E-state index < -0.39 is 122 Å². The van der Waals surface area contributed by atoms with Crippen LogP contribution in [0.25, 0.3) is 0 Å². The molecule has 0 unspecified atom stereocenters. The molecular formula is C27H36O18. The molecule has 0 aromatic rings. The predicted molar refractivity (Wildman–Crippen MR) is 139 cm³/mol. The smallest absolute Gasteiger partial charge is 0.310 e. The van der Waals surface area contributed by atoms with Gasteiger partial charge >= 0.3 is 47.8 Å². The zero-order valence-electron chi connectivity index (χ0n) is 25.6. The van der Waals surface area contributed by atoms with Crippen molar-refractivity contribution in [1.82, 2.24) is 0 Å². The minimum absolute atomic E-state index is 0.459. The van der Waals surface area contributed by atoms with Gasteiger partial charge in [0.25, 0.3) is 0 Å². The summed E-state index contributed by atoms with van der Waals surface area (Å²) in [4.78, 5) is 97.5. The first-order valence-electron chi connectivity index (χ1n) is 13.6. The number of carbonyl (C=O) groups is 8. The SMILES string of the molecule is COC(=O)[C@@H]1C[C@@H](OC(C)=O)[C@@H](OC(C)=O)[C@H](O[C@@H]2O[C@H](COC(C)=O)[C@@H](OC(C)=O)[C@H](OC(C)=O)[C@H]2OC(C)=O)[C@@H]1C(=O)O. The number of methoxy groups -OCH3 is 1. The van der Waals surface area contributed by atoms with E-state index in [9.17, 15) is 43.5 Å². The summed E-state index contributed by atoms with van der Waals surface area (Å²) in [5.74, 6) is -11.5. The maximum atomic E-state index is 12.8. The zero-order chi connectivity index (χ0) is 34.2. The molecule has 2 aliphatic rings. The monoisotopic (exact) mass is 648 g/mol. The van der Waals surface area contributed by atoms with E-state index in [1.807, 2.05) is 0 Å². The second-order valence-electron chi connectivity index (χ2n) is 10.1. The summed E-state index contributed by atoms with van der Waals surface area (Å²) in [6.07, 6.45) is -13.9. The molecule has 0 aromatic carbocycles. The summed E-state index contributed by atoms with van der Waals surface area (Å²) in [7, 11) is 0.996. The Morgan fingerprint density at radius 1 is 0.644 bits per heavy atom. The van der Waals surface area contributed by atoms with Crippen LogP contribution in [0.1, 0.15) is 48.0 Å². The number of hydrogen-bond acceptors (Lipinski definition) is 17. The lowest BCUT2D eigenvalue weighted by molar-refractivity contribution is -0.331. The molecule has 0 amide bonds. The van der Waals surface area contributed by atoms with Gasteiger partial charge in [0, 0.05) is 48.0 Å². The van der Waals surface area contributed by atoms with Crippen molar-refractivity contribution in [2.75, 3.05) is 13.7 Å². The third-order valence-electron chi connectivity index (χ3n) is 6.61. The van der Waals surface area contributed by atoms with E-state index in [0.717, 1.165) is 48.7 Å². The minimum atomic E-state index is -1.93. The second kappa shape index (κ2) is 16.1. The molecule has 45 heavy (non-hydrogen) atoms. The molecule has 1 aliphatic carbocycles. The van der Waals surface area contributed by atoms with Crippen LogP contribution in [0.15, 0.2) is 0 Å². The van der Waals surface area contributed by atoms with Gasteiger partial charge in [-0.05, 0) is 0 Å². The standard InChI is InChI=1S/C27H36O18/c1-10(28)38-9-18-21(41-13(4)31)23(42-14(5)32)24(43-15(6)33)27(44-18)45-22-19(25(34)35)16(26(36)37-7)8-17(39-11(2)29)20(22)40-12(3)30/h16-24,27H,8-9H2,1-7H3,(H,34,35)/t16-,17-,18-,19-,20-,21-,22-,23+,24-,27+/m1/s1. The van der Waals surface area contributed by atoms with Gasteiger partial charge in [-0.3, -0.25) is 38.4 Å².